The molecule has 2 aliphatic rings. The molecule has 1 saturated heterocycles. The molecular formula is C19H22FN5. The third-order valence-corrected chi connectivity index (χ3v) is 5.03. The first-order chi connectivity index (χ1) is 12.2. The number of hydrogen-bond acceptors (Lipinski definition) is 4. The molecule has 25 heavy (non-hydrogen) atoms. The van der Waals surface area contributed by atoms with E-state index in [1.165, 1.54) is 12.1 Å². The highest BCUT2D eigenvalue weighted by Crippen LogP contribution is 2.32. The molecule has 3 heterocycles. The number of benzene rings is 1. The average Bonchev–Trinajstić information content (AvgIpc) is 3.12. The molecule has 0 amide bonds. The maximum Gasteiger partial charge on any atom is 0.141 e. The zero-order chi connectivity index (χ0) is 17.2. The Morgan fingerprint density at radius 3 is 2.72 bits per heavy atom. The van der Waals surface area contributed by atoms with Crippen LogP contribution in [0.25, 0.3) is 5.70 Å². The molecule has 0 bridgehead atoms. The van der Waals surface area contributed by atoms with Crippen molar-refractivity contribution in [1.29, 1.82) is 0 Å². The summed E-state index contributed by atoms with van der Waals surface area (Å²) in [7, 11) is 0. The fourth-order valence-electron chi connectivity index (χ4n) is 3.60. The monoisotopic (exact) mass is 339 g/mol. The Kier molecular flexibility index (Phi) is 4.28. The van der Waals surface area contributed by atoms with Crippen LogP contribution in [0.15, 0.2) is 47.2 Å². The van der Waals surface area contributed by atoms with Gasteiger partial charge in [-0.25, -0.2) is 9.38 Å². The van der Waals surface area contributed by atoms with Crippen LogP contribution in [-0.4, -0.2) is 29.3 Å². The number of hydrogen-bond donors (Lipinski definition) is 3. The van der Waals surface area contributed by atoms with Crippen molar-refractivity contribution in [1.82, 2.24) is 15.2 Å². The van der Waals surface area contributed by atoms with Crippen LogP contribution in [0.2, 0.25) is 0 Å². The number of nitrogens with one attached hydrogen (secondary N) is 2. The minimum Gasteiger partial charge on any atom is -0.400 e. The summed E-state index contributed by atoms with van der Waals surface area (Å²) in [6, 6.07) is 8.77. The van der Waals surface area contributed by atoms with Crippen LogP contribution in [-0.2, 0) is 6.54 Å². The number of aromatic amines is 1. The van der Waals surface area contributed by atoms with Gasteiger partial charge in [-0.1, -0.05) is 12.1 Å². The second kappa shape index (κ2) is 6.72. The summed E-state index contributed by atoms with van der Waals surface area (Å²) in [5.74, 6) is 1.03. The topological polar surface area (TPSA) is 69.4 Å². The first kappa shape index (κ1) is 15.9. The van der Waals surface area contributed by atoms with Gasteiger partial charge in [0.15, 0.2) is 0 Å². The summed E-state index contributed by atoms with van der Waals surface area (Å²) in [5.41, 5.74) is 10.6. The molecule has 1 aromatic carbocycles. The van der Waals surface area contributed by atoms with Crippen molar-refractivity contribution in [3.05, 3.63) is 59.2 Å². The van der Waals surface area contributed by atoms with E-state index in [9.17, 15) is 4.39 Å². The fraction of sp³-hybridized carbons (Fsp3) is 0.316. The van der Waals surface area contributed by atoms with Crippen molar-refractivity contribution in [2.75, 3.05) is 13.1 Å². The number of piperidine rings is 1. The summed E-state index contributed by atoms with van der Waals surface area (Å²) < 4.78 is 13.0. The summed E-state index contributed by atoms with van der Waals surface area (Å²) in [4.78, 5) is 9.80. The van der Waals surface area contributed by atoms with Gasteiger partial charge >= 0.3 is 0 Å². The first-order valence-electron chi connectivity index (χ1n) is 8.64. The number of aromatic nitrogens is 1. The van der Waals surface area contributed by atoms with Gasteiger partial charge in [-0.2, -0.15) is 0 Å². The van der Waals surface area contributed by atoms with Gasteiger partial charge in [-0.05, 0) is 49.7 Å². The predicted octanol–water partition coefficient (Wildman–Crippen LogP) is 2.96. The highest BCUT2D eigenvalue weighted by molar-refractivity contribution is 5.87. The van der Waals surface area contributed by atoms with Crippen molar-refractivity contribution < 1.29 is 4.39 Å². The molecule has 5 nitrogen and oxygen atoms in total. The molecule has 2 aliphatic heterocycles. The minimum atomic E-state index is -0.186. The number of nitrogens with two attached hydrogens (primary N) is 1. The SMILES string of the molecule is N/C(=C1\NC=Nc2[nH]ccc21)C1CCN(Cc2ccc(F)cc2)CC1. The van der Waals surface area contributed by atoms with Crippen LogP contribution in [0.5, 0.6) is 0 Å². The second-order valence-electron chi connectivity index (χ2n) is 6.65. The number of rotatable bonds is 3. The molecule has 130 valence electrons. The molecule has 6 heteroatoms. The number of allylic oxidation sites excluding steroid dienone is 1. The van der Waals surface area contributed by atoms with E-state index in [4.69, 9.17) is 5.73 Å². The van der Waals surface area contributed by atoms with E-state index in [0.29, 0.717) is 5.92 Å². The molecule has 1 aromatic heterocycles. The number of nitrogens with zero attached hydrogens (tertiary/aromatic N) is 2. The van der Waals surface area contributed by atoms with Gasteiger partial charge in [-0.3, -0.25) is 4.90 Å². The number of fused-ring (bicyclic) bond motifs is 1. The standard InChI is InChI=1S/C19H22FN5/c20-15-3-1-13(2-4-15)11-25-9-6-14(7-10-25)17(21)18-16-5-8-22-19(16)24-12-23-18/h1-5,8,12,14,22H,6-7,9-11,21H2,(H,23,24)/b18-17-. The van der Waals surface area contributed by atoms with Gasteiger partial charge in [0.1, 0.15) is 11.6 Å². The number of aliphatic imine (C=N–C) groups is 1. The molecule has 0 atom stereocenters. The van der Waals surface area contributed by atoms with E-state index in [0.717, 1.165) is 60.8 Å². The molecule has 4 N–H and O–H groups in total. The van der Waals surface area contributed by atoms with Gasteiger partial charge < -0.3 is 16.0 Å². The molecule has 0 unspecified atom stereocenters. The molecular weight excluding hydrogens is 317 g/mol. The minimum absolute atomic E-state index is 0.186. The predicted molar refractivity (Wildman–Crippen MR) is 97.6 cm³/mol. The lowest BCUT2D eigenvalue weighted by Gasteiger charge is -2.33. The summed E-state index contributed by atoms with van der Waals surface area (Å²) in [6.45, 7) is 2.84. The smallest absolute Gasteiger partial charge is 0.141 e. The molecule has 0 aliphatic carbocycles. The Hall–Kier alpha value is -2.60. The zero-order valence-electron chi connectivity index (χ0n) is 14.0. The second-order valence-corrected chi connectivity index (χ2v) is 6.65. The average molecular weight is 339 g/mol. The molecule has 0 spiro atoms. The maximum atomic E-state index is 13.0. The maximum absolute atomic E-state index is 13.0. The lowest BCUT2D eigenvalue weighted by Crippen LogP contribution is -2.36. The van der Waals surface area contributed by atoms with Crippen LogP contribution < -0.4 is 11.1 Å². The quantitative estimate of drug-likeness (QED) is 0.805. The van der Waals surface area contributed by atoms with Crippen LogP contribution in [0.1, 0.15) is 24.0 Å². The van der Waals surface area contributed by atoms with Crippen LogP contribution >= 0.6 is 0 Å². The summed E-state index contributed by atoms with van der Waals surface area (Å²) in [5, 5.41) is 3.21. The lowest BCUT2D eigenvalue weighted by molar-refractivity contribution is 0.191. The highest BCUT2D eigenvalue weighted by Gasteiger charge is 2.25. The van der Waals surface area contributed by atoms with Crippen molar-refractivity contribution >= 4 is 17.9 Å². The van der Waals surface area contributed by atoms with Gasteiger partial charge in [-0.15, -0.1) is 0 Å². The van der Waals surface area contributed by atoms with Gasteiger partial charge in [0.2, 0.25) is 0 Å². The fourth-order valence-corrected chi connectivity index (χ4v) is 3.60. The lowest BCUT2D eigenvalue weighted by atomic mass is 9.91. The normalized spacial score (nSPS) is 20.2. The summed E-state index contributed by atoms with van der Waals surface area (Å²) in [6.07, 6.45) is 5.61. The Morgan fingerprint density at radius 2 is 1.96 bits per heavy atom. The Bertz CT molecular complexity index is 797. The molecule has 0 radical (unpaired) electrons. The third-order valence-electron chi connectivity index (χ3n) is 5.03. The van der Waals surface area contributed by atoms with E-state index in [1.54, 1.807) is 6.34 Å². The molecule has 2 aromatic rings. The van der Waals surface area contributed by atoms with E-state index in [2.05, 4.69) is 20.2 Å². The summed E-state index contributed by atoms with van der Waals surface area (Å²) >= 11 is 0. The number of halogens is 1. The van der Waals surface area contributed by atoms with E-state index in [1.807, 2.05) is 24.4 Å². The number of likely N-dealkylation sites (tertiary alicyclic amines) is 1. The van der Waals surface area contributed by atoms with Crippen molar-refractivity contribution in [3.63, 3.8) is 0 Å². The van der Waals surface area contributed by atoms with E-state index < -0.39 is 0 Å². The molecule has 0 saturated carbocycles. The van der Waals surface area contributed by atoms with Gasteiger partial charge in [0.25, 0.3) is 0 Å². The Morgan fingerprint density at radius 1 is 1.20 bits per heavy atom. The van der Waals surface area contributed by atoms with E-state index >= 15 is 0 Å². The largest absolute Gasteiger partial charge is 0.400 e. The van der Waals surface area contributed by atoms with Crippen LogP contribution in [0, 0.1) is 11.7 Å². The first-order valence-corrected chi connectivity index (χ1v) is 8.64. The van der Waals surface area contributed by atoms with E-state index in [-0.39, 0.29) is 5.82 Å². The highest BCUT2D eigenvalue weighted by atomic mass is 19.1. The third kappa shape index (κ3) is 3.30. The van der Waals surface area contributed by atoms with Crippen LogP contribution in [0.3, 0.4) is 0 Å². The van der Waals surface area contributed by atoms with Crippen molar-refractivity contribution in [2.24, 2.45) is 16.6 Å². The van der Waals surface area contributed by atoms with Crippen LogP contribution in [0.4, 0.5) is 10.2 Å². The van der Waals surface area contributed by atoms with Crippen molar-refractivity contribution in [2.45, 2.75) is 19.4 Å². The number of H-pyrrole nitrogens is 1. The van der Waals surface area contributed by atoms with Crippen molar-refractivity contribution in [3.8, 4) is 0 Å². The molecule has 4 rings (SSSR count). The van der Waals surface area contributed by atoms with Gasteiger partial charge in [0.05, 0.1) is 12.0 Å². The Balaban J connectivity index is 1.41. The zero-order valence-corrected chi connectivity index (χ0v) is 14.0. The Labute approximate surface area is 146 Å². The molecule has 1 fully saturated rings. The van der Waals surface area contributed by atoms with Gasteiger partial charge in [0, 0.05) is 29.9 Å².